The van der Waals surface area contributed by atoms with Gasteiger partial charge in [-0.2, -0.15) is 0 Å². The highest BCUT2D eigenvalue weighted by atomic mass is 32.2. The van der Waals surface area contributed by atoms with Crippen molar-refractivity contribution < 1.29 is 23.1 Å². The van der Waals surface area contributed by atoms with E-state index in [1.54, 1.807) is 13.2 Å². The van der Waals surface area contributed by atoms with Gasteiger partial charge in [0.2, 0.25) is 11.8 Å². The lowest BCUT2D eigenvalue weighted by Crippen LogP contribution is -2.33. The normalized spacial score (nSPS) is 10.2. The SMILES string of the molecule is COc1ccccc1SCC(=O)NCC(=O)Nc1ccc(F)c(F)c1. The van der Waals surface area contributed by atoms with Crippen LogP contribution in [0.15, 0.2) is 47.4 Å². The highest BCUT2D eigenvalue weighted by molar-refractivity contribution is 8.00. The molecule has 0 unspecified atom stereocenters. The van der Waals surface area contributed by atoms with E-state index in [2.05, 4.69) is 10.6 Å². The number of thioether (sulfide) groups is 1. The van der Waals surface area contributed by atoms with Crippen molar-refractivity contribution in [2.75, 3.05) is 24.7 Å². The van der Waals surface area contributed by atoms with Gasteiger partial charge in [-0.15, -0.1) is 11.8 Å². The summed E-state index contributed by atoms with van der Waals surface area (Å²) >= 11 is 1.28. The fourth-order valence-electron chi connectivity index (χ4n) is 1.89. The van der Waals surface area contributed by atoms with Crippen molar-refractivity contribution in [1.82, 2.24) is 5.32 Å². The number of anilines is 1. The first-order chi connectivity index (χ1) is 12.0. The van der Waals surface area contributed by atoms with Crippen molar-refractivity contribution in [2.24, 2.45) is 0 Å². The van der Waals surface area contributed by atoms with Crippen molar-refractivity contribution in [1.29, 1.82) is 0 Å². The largest absolute Gasteiger partial charge is 0.496 e. The minimum Gasteiger partial charge on any atom is -0.496 e. The Kier molecular flexibility index (Phi) is 6.76. The standard InChI is InChI=1S/C17H16F2N2O3S/c1-24-14-4-2-3-5-15(14)25-10-17(23)20-9-16(22)21-11-6-7-12(18)13(19)8-11/h2-8H,9-10H2,1H3,(H,20,23)(H,21,22). The molecule has 0 aliphatic heterocycles. The molecule has 0 bridgehead atoms. The number of hydrogen-bond donors (Lipinski definition) is 2. The lowest BCUT2D eigenvalue weighted by Gasteiger charge is -2.09. The maximum Gasteiger partial charge on any atom is 0.243 e. The summed E-state index contributed by atoms with van der Waals surface area (Å²) in [6, 6.07) is 10.3. The van der Waals surface area contributed by atoms with Gasteiger partial charge in [-0.25, -0.2) is 8.78 Å². The highest BCUT2D eigenvalue weighted by Gasteiger charge is 2.10. The molecule has 2 amide bonds. The highest BCUT2D eigenvalue weighted by Crippen LogP contribution is 2.28. The minimum absolute atomic E-state index is 0.110. The number of para-hydroxylation sites is 1. The Bertz CT molecular complexity index is 771. The molecule has 0 heterocycles. The van der Waals surface area contributed by atoms with E-state index in [0.717, 1.165) is 17.0 Å². The number of ether oxygens (including phenoxy) is 1. The zero-order valence-corrected chi connectivity index (χ0v) is 14.2. The lowest BCUT2D eigenvalue weighted by molar-refractivity contribution is -0.122. The van der Waals surface area contributed by atoms with Crippen LogP contribution in [-0.2, 0) is 9.59 Å². The van der Waals surface area contributed by atoms with Gasteiger partial charge < -0.3 is 15.4 Å². The number of hydrogen-bond acceptors (Lipinski definition) is 4. The molecule has 2 aromatic carbocycles. The van der Waals surface area contributed by atoms with E-state index in [0.29, 0.717) is 5.75 Å². The number of methoxy groups -OCH3 is 1. The zero-order chi connectivity index (χ0) is 18.2. The van der Waals surface area contributed by atoms with E-state index < -0.39 is 17.5 Å². The molecule has 2 N–H and O–H groups in total. The molecule has 0 aliphatic rings. The molecule has 2 aromatic rings. The van der Waals surface area contributed by atoms with Gasteiger partial charge in [-0.1, -0.05) is 12.1 Å². The van der Waals surface area contributed by atoms with Crippen LogP contribution in [0.2, 0.25) is 0 Å². The van der Waals surface area contributed by atoms with E-state index in [9.17, 15) is 18.4 Å². The minimum atomic E-state index is -1.06. The fraction of sp³-hybridized carbons (Fsp3) is 0.176. The summed E-state index contributed by atoms with van der Waals surface area (Å²) in [5, 5.41) is 4.83. The van der Waals surface area contributed by atoms with Gasteiger partial charge >= 0.3 is 0 Å². The summed E-state index contributed by atoms with van der Waals surface area (Å²) in [4.78, 5) is 24.3. The maximum absolute atomic E-state index is 13.1. The molecule has 0 fully saturated rings. The Hall–Kier alpha value is -2.61. The van der Waals surface area contributed by atoms with Gasteiger partial charge in [0.1, 0.15) is 5.75 Å². The number of nitrogens with one attached hydrogen (secondary N) is 2. The summed E-state index contributed by atoms with van der Waals surface area (Å²) in [6.45, 7) is -0.273. The van der Waals surface area contributed by atoms with Gasteiger partial charge in [0.05, 0.1) is 19.4 Å². The summed E-state index contributed by atoms with van der Waals surface area (Å²) in [5.74, 6) is -2.16. The van der Waals surface area contributed by atoms with Gasteiger partial charge in [-0.3, -0.25) is 9.59 Å². The molecule has 132 valence electrons. The molecule has 0 saturated heterocycles. The number of benzene rings is 2. The van der Waals surface area contributed by atoms with Crippen LogP contribution in [0.5, 0.6) is 5.75 Å². The summed E-state index contributed by atoms with van der Waals surface area (Å²) < 4.78 is 31.1. The number of halogens is 2. The first-order valence-corrected chi connectivity index (χ1v) is 8.25. The molecular weight excluding hydrogens is 350 g/mol. The van der Waals surface area contributed by atoms with Gasteiger partial charge in [-0.05, 0) is 24.3 Å². The van der Waals surface area contributed by atoms with Crippen molar-refractivity contribution in [3.05, 3.63) is 54.1 Å². The summed E-state index contributed by atoms with van der Waals surface area (Å²) in [5.41, 5.74) is 0.113. The number of rotatable bonds is 7. The molecule has 0 radical (unpaired) electrons. The van der Waals surface area contributed by atoms with Crippen LogP contribution in [0, 0.1) is 11.6 Å². The third-order valence-electron chi connectivity index (χ3n) is 3.08. The number of carbonyl (C=O) groups is 2. The predicted molar refractivity (Wildman–Crippen MR) is 91.7 cm³/mol. The van der Waals surface area contributed by atoms with Crippen LogP contribution >= 0.6 is 11.8 Å². The van der Waals surface area contributed by atoms with Crippen molar-refractivity contribution in [3.63, 3.8) is 0 Å². The molecule has 5 nitrogen and oxygen atoms in total. The summed E-state index contributed by atoms with van der Waals surface area (Å²) in [7, 11) is 1.54. The molecule has 0 atom stereocenters. The van der Waals surface area contributed by atoms with Crippen LogP contribution in [0.25, 0.3) is 0 Å². The van der Waals surface area contributed by atoms with Gasteiger partial charge in [0.15, 0.2) is 11.6 Å². The Morgan fingerprint density at radius 3 is 2.56 bits per heavy atom. The molecule has 2 rings (SSSR count). The smallest absolute Gasteiger partial charge is 0.243 e. The Morgan fingerprint density at radius 1 is 1.08 bits per heavy atom. The van der Waals surface area contributed by atoms with Crippen molar-refractivity contribution in [2.45, 2.75) is 4.90 Å². The van der Waals surface area contributed by atoms with E-state index in [1.807, 2.05) is 18.2 Å². The van der Waals surface area contributed by atoms with Gasteiger partial charge in [0, 0.05) is 16.6 Å². The molecule has 8 heteroatoms. The number of amides is 2. The topological polar surface area (TPSA) is 67.4 Å². The van der Waals surface area contributed by atoms with Crippen LogP contribution in [-0.4, -0.2) is 31.2 Å². The molecule has 0 aliphatic carbocycles. The Labute approximate surface area is 147 Å². The van der Waals surface area contributed by atoms with Gasteiger partial charge in [0.25, 0.3) is 0 Å². The second kappa shape index (κ2) is 9.03. The zero-order valence-electron chi connectivity index (χ0n) is 13.3. The van der Waals surface area contributed by atoms with E-state index >= 15 is 0 Å². The lowest BCUT2D eigenvalue weighted by atomic mass is 10.3. The molecule has 0 aromatic heterocycles. The third-order valence-corrected chi connectivity index (χ3v) is 4.13. The van der Waals surface area contributed by atoms with Crippen LogP contribution in [0.3, 0.4) is 0 Å². The van der Waals surface area contributed by atoms with E-state index in [-0.39, 0.29) is 23.9 Å². The Balaban J connectivity index is 1.77. The number of carbonyl (C=O) groups excluding carboxylic acids is 2. The summed E-state index contributed by atoms with van der Waals surface area (Å²) in [6.07, 6.45) is 0. The van der Waals surface area contributed by atoms with Crippen molar-refractivity contribution >= 4 is 29.3 Å². The fourth-order valence-corrected chi connectivity index (χ4v) is 2.75. The second-order valence-corrected chi connectivity index (χ2v) is 5.91. The predicted octanol–water partition coefficient (Wildman–Crippen LogP) is 2.82. The van der Waals surface area contributed by atoms with Crippen LogP contribution in [0.4, 0.5) is 14.5 Å². The molecular formula is C17H16F2N2O3S. The first-order valence-electron chi connectivity index (χ1n) is 7.27. The molecule has 0 saturated carbocycles. The molecule has 25 heavy (non-hydrogen) atoms. The van der Waals surface area contributed by atoms with Crippen LogP contribution in [0.1, 0.15) is 0 Å². The maximum atomic E-state index is 13.1. The molecule has 0 spiro atoms. The second-order valence-electron chi connectivity index (χ2n) is 4.89. The average molecular weight is 366 g/mol. The van der Waals surface area contributed by atoms with E-state index in [1.165, 1.54) is 17.8 Å². The quantitative estimate of drug-likeness (QED) is 0.740. The third kappa shape index (κ3) is 5.75. The van der Waals surface area contributed by atoms with E-state index in [4.69, 9.17) is 4.74 Å². The monoisotopic (exact) mass is 366 g/mol. The average Bonchev–Trinajstić information content (AvgIpc) is 2.61. The Morgan fingerprint density at radius 2 is 1.84 bits per heavy atom. The van der Waals surface area contributed by atoms with Crippen LogP contribution < -0.4 is 15.4 Å². The first kappa shape index (κ1) is 18.7. The van der Waals surface area contributed by atoms with Crippen molar-refractivity contribution in [3.8, 4) is 5.75 Å².